The monoisotopic (exact) mass is 313 g/mol. The number of nitrogens with one attached hydrogen (secondary N) is 1. The number of hydrogen-bond acceptors (Lipinski definition) is 4. The third kappa shape index (κ3) is 5.86. The highest BCUT2D eigenvalue weighted by Gasteiger charge is 2.35. The first-order valence-electron chi connectivity index (χ1n) is 8.60. The van der Waals surface area contributed by atoms with E-state index in [4.69, 9.17) is 0 Å². The van der Waals surface area contributed by atoms with Crippen LogP contribution in [-0.4, -0.2) is 72.7 Å². The predicted octanol–water partition coefficient (Wildman–Crippen LogP) is 1.17. The summed E-state index contributed by atoms with van der Waals surface area (Å²) in [5, 5.41) is 12.3. The van der Waals surface area contributed by atoms with E-state index in [2.05, 4.69) is 36.0 Å². The highest BCUT2D eigenvalue weighted by Crippen LogP contribution is 2.18. The van der Waals surface area contributed by atoms with E-state index in [9.17, 15) is 9.90 Å². The Morgan fingerprint density at radius 2 is 1.82 bits per heavy atom. The molecule has 1 amide bonds. The minimum atomic E-state index is -0.469. The van der Waals surface area contributed by atoms with Gasteiger partial charge in [-0.2, -0.15) is 0 Å². The summed E-state index contributed by atoms with van der Waals surface area (Å²) in [6.45, 7) is 13.1. The van der Waals surface area contributed by atoms with Gasteiger partial charge in [-0.15, -0.1) is 0 Å². The Labute approximate surface area is 136 Å². The fourth-order valence-electron chi connectivity index (χ4n) is 3.11. The number of carbonyl (C=O) groups is 1. The second kappa shape index (κ2) is 8.85. The molecule has 0 aromatic rings. The van der Waals surface area contributed by atoms with Crippen LogP contribution in [0.3, 0.4) is 0 Å². The number of nitrogens with zero attached hydrogens (tertiary/aromatic N) is 2. The summed E-state index contributed by atoms with van der Waals surface area (Å²) in [5.74, 6) is 1.04. The largest absolute Gasteiger partial charge is 0.396 e. The lowest BCUT2D eigenvalue weighted by atomic mass is 9.93. The van der Waals surface area contributed by atoms with Crippen molar-refractivity contribution in [2.45, 2.75) is 46.1 Å². The van der Waals surface area contributed by atoms with Crippen molar-refractivity contribution < 1.29 is 9.90 Å². The number of aliphatic hydroxyl groups is 1. The molecule has 1 unspecified atom stereocenters. The van der Waals surface area contributed by atoms with Gasteiger partial charge in [-0.1, -0.05) is 13.8 Å². The molecule has 1 rings (SSSR count). The van der Waals surface area contributed by atoms with Crippen LogP contribution in [0.4, 0.5) is 0 Å². The minimum Gasteiger partial charge on any atom is -0.396 e. The number of likely N-dealkylation sites (N-methyl/N-ethyl adjacent to an activating group) is 1. The van der Waals surface area contributed by atoms with E-state index in [-0.39, 0.29) is 12.5 Å². The second-order valence-corrected chi connectivity index (χ2v) is 7.57. The van der Waals surface area contributed by atoms with Crippen LogP contribution in [0.15, 0.2) is 0 Å². The quantitative estimate of drug-likeness (QED) is 0.706. The lowest BCUT2D eigenvalue weighted by Gasteiger charge is -2.42. The first kappa shape index (κ1) is 19.4. The highest BCUT2D eigenvalue weighted by atomic mass is 16.3. The molecule has 0 bridgehead atoms. The second-order valence-electron chi connectivity index (χ2n) is 7.57. The molecule has 0 aromatic heterocycles. The van der Waals surface area contributed by atoms with Crippen molar-refractivity contribution in [1.29, 1.82) is 0 Å². The van der Waals surface area contributed by atoms with Gasteiger partial charge in [0.15, 0.2) is 0 Å². The van der Waals surface area contributed by atoms with E-state index in [0.717, 1.165) is 39.0 Å². The average Bonchev–Trinajstić information content (AvgIpc) is 2.44. The first-order valence-corrected chi connectivity index (χ1v) is 8.60. The van der Waals surface area contributed by atoms with Gasteiger partial charge in [0.25, 0.3) is 0 Å². The predicted molar refractivity (Wildman–Crippen MR) is 90.8 cm³/mol. The first-order chi connectivity index (χ1) is 10.3. The fourth-order valence-corrected chi connectivity index (χ4v) is 3.11. The van der Waals surface area contributed by atoms with Crippen LogP contribution in [0.1, 0.15) is 40.5 Å². The normalized spacial score (nSPS) is 19.4. The SMILES string of the molecule is CC(C)CC(CCO)CNC(=O)C(C)(C)N1CCN(C)CC1. The number of rotatable bonds is 8. The Morgan fingerprint density at radius 1 is 1.23 bits per heavy atom. The van der Waals surface area contributed by atoms with Gasteiger partial charge >= 0.3 is 0 Å². The third-order valence-electron chi connectivity index (χ3n) is 4.74. The Hall–Kier alpha value is -0.650. The van der Waals surface area contributed by atoms with Crippen molar-refractivity contribution in [3.63, 3.8) is 0 Å². The zero-order valence-electron chi connectivity index (χ0n) is 15.1. The third-order valence-corrected chi connectivity index (χ3v) is 4.74. The molecule has 0 spiro atoms. The van der Waals surface area contributed by atoms with Crippen molar-refractivity contribution in [3.05, 3.63) is 0 Å². The standard InChI is InChI=1S/C17H35N3O2/c1-14(2)12-15(6-11-21)13-18-16(22)17(3,4)20-9-7-19(5)8-10-20/h14-15,21H,6-13H2,1-5H3,(H,18,22). The lowest BCUT2D eigenvalue weighted by molar-refractivity contribution is -0.133. The molecule has 0 saturated carbocycles. The molecule has 0 radical (unpaired) electrons. The zero-order chi connectivity index (χ0) is 16.8. The molecule has 1 atom stereocenters. The summed E-state index contributed by atoms with van der Waals surface area (Å²) >= 11 is 0. The summed E-state index contributed by atoms with van der Waals surface area (Å²) in [4.78, 5) is 17.2. The van der Waals surface area contributed by atoms with Crippen LogP contribution < -0.4 is 5.32 Å². The van der Waals surface area contributed by atoms with Crippen molar-refractivity contribution in [2.24, 2.45) is 11.8 Å². The van der Waals surface area contributed by atoms with Gasteiger partial charge in [-0.3, -0.25) is 9.69 Å². The van der Waals surface area contributed by atoms with Gasteiger partial charge in [0.05, 0.1) is 5.54 Å². The van der Waals surface area contributed by atoms with E-state index in [1.165, 1.54) is 0 Å². The molecule has 1 saturated heterocycles. The summed E-state index contributed by atoms with van der Waals surface area (Å²) < 4.78 is 0. The Bertz CT molecular complexity index is 337. The van der Waals surface area contributed by atoms with Crippen LogP contribution in [0.5, 0.6) is 0 Å². The molecule has 2 N–H and O–H groups in total. The molecule has 130 valence electrons. The Morgan fingerprint density at radius 3 is 2.32 bits per heavy atom. The smallest absolute Gasteiger partial charge is 0.239 e. The molecule has 0 aromatic carbocycles. The number of aliphatic hydroxyl groups excluding tert-OH is 1. The van der Waals surface area contributed by atoms with Crippen LogP contribution >= 0.6 is 0 Å². The van der Waals surface area contributed by atoms with E-state index in [0.29, 0.717) is 18.4 Å². The molecular weight excluding hydrogens is 278 g/mol. The number of carbonyl (C=O) groups excluding carboxylic acids is 1. The van der Waals surface area contributed by atoms with Crippen molar-refractivity contribution in [1.82, 2.24) is 15.1 Å². The molecule has 1 heterocycles. The number of amides is 1. The van der Waals surface area contributed by atoms with Crippen LogP contribution in [0.25, 0.3) is 0 Å². The molecule has 1 aliphatic rings. The average molecular weight is 313 g/mol. The van der Waals surface area contributed by atoms with E-state index < -0.39 is 5.54 Å². The topological polar surface area (TPSA) is 55.8 Å². The maximum Gasteiger partial charge on any atom is 0.239 e. The molecule has 1 aliphatic heterocycles. The summed E-state index contributed by atoms with van der Waals surface area (Å²) in [6.07, 6.45) is 1.79. The van der Waals surface area contributed by atoms with Gasteiger partial charge in [0, 0.05) is 39.3 Å². The van der Waals surface area contributed by atoms with Crippen molar-refractivity contribution in [3.8, 4) is 0 Å². The number of piperazine rings is 1. The van der Waals surface area contributed by atoms with Crippen molar-refractivity contribution in [2.75, 3.05) is 46.4 Å². The van der Waals surface area contributed by atoms with Crippen molar-refractivity contribution >= 4 is 5.91 Å². The molecule has 22 heavy (non-hydrogen) atoms. The summed E-state index contributed by atoms with van der Waals surface area (Å²) in [6, 6.07) is 0. The minimum absolute atomic E-state index is 0.101. The van der Waals surface area contributed by atoms with Gasteiger partial charge in [0.1, 0.15) is 0 Å². The zero-order valence-corrected chi connectivity index (χ0v) is 15.1. The highest BCUT2D eigenvalue weighted by molar-refractivity contribution is 5.85. The maximum atomic E-state index is 12.6. The van der Waals surface area contributed by atoms with Crippen LogP contribution in [0, 0.1) is 11.8 Å². The van der Waals surface area contributed by atoms with Crippen LogP contribution in [-0.2, 0) is 4.79 Å². The maximum absolute atomic E-state index is 12.6. The molecule has 0 aliphatic carbocycles. The molecule has 5 nitrogen and oxygen atoms in total. The Kier molecular flexibility index (Phi) is 7.80. The van der Waals surface area contributed by atoms with E-state index >= 15 is 0 Å². The Balaban J connectivity index is 2.50. The lowest BCUT2D eigenvalue weighted by Crippen LogP contribution is -2.60. The summed E-state index contributed by atoms with van der Waals surface area (Å²) in [5.41, 5.74) is -0.469. The summed E-state index contributed by atoms with van der Waals surface area (Å²) in [7, 11) is 2.12. The number of hydrogen-bond donors (Lipinski definition) is 2. The molecule has 5 heteroatoms. The molecule has 1 fully saturated rings. The fraction of sp³-hybridized carbons (Fsp3) is 0.941. The van der Waals surface area contributed by atoms with Crippen LogP contribution in [0.2, 0.25) is 0 Å². The van der Waals surface area contributed by atoms with Gasteiger partial charge in [0.2, 0.25) is 5.91 Å². The van der Waals surface area contributed by atoms with Gasteiger partial charge < -0.3 is 15.3 Å². The van der Waals surface area contributed by atoms with E-state index in [1.54, 1.807) is 0 Å². The van der Waals surface area contributed by atoms with Gasteiger partial charge in [-0.05, 0) is 45.6 Å². The molecular formula is C17H35N3O2. The van der Waals surface area contributed by atoms with Gasteiger partial charge in [-0.25, -0.2) is 0 Å². The van der Waals surface area contributed by atoms with E-state index in [1.807, 2.05) is 13.8 Å².